The summed E-state index contributed by atoms with van der Waals surface area (Å²) in [6.07, 6.45) is 4.01. The number of benzene rings is 1. The summed E-state index contributed by atoms with van der Waals surface area (Å²) in [4.78, 5) is 28.3. The number of carbonyl (C=O) groups is 2. The van der Waals surface area contributed by atoms with Gasteiger partial charge in [-0.05, 0) is 61.5 Å². The first-order valence-corrected chi connectivity index (χ1v) is 8.06. The molecular weight excluding hydrogens is 308 g/mol. The average Bonchev–Trinajstić information content (AvgIpc) is 3.06. The average molecular weight is 323 g/mol. The van der Waals surface area contributed by atoms with Crippen LogP contribution in [0.4, 0.5) is 4.79 Å². The second-order valence-corrected chi connectivity index (χ2v) is 6.56. The van der Waals surface area contributed by atoms with Gasteiger partial charge in [-0.25, -0.2) is 0 Å². The van der Waals surface area contributed by atoms with Crippen LogP contribution in [0, 0.1) is 0 Å². The van der Waals surface area contributed by atoms with Gasteiger partial charge in [-0.1, -0.05) is 23.7 Å². The zero-order chi connectivity index (χ0) is 14.8. The Morgan fingerprint density at radius 3 is 2.48 bits per heavy atom. The molecule has 2 fully saturated rings. The van der Waals surface area contributed by atoms with Gasteiger partial charge < -0.3 is 0 Å². The zero-order valence-electron chi connectivity index (χ0n) is 11.4. The Bertz CT molecular complexity index is 594. The third-order valence-electron chi connectivity index (χ3n) is 3.58. The van der Waals surface area contributed by atoms with E-state index in [0.717, 1.165) is 43.3 Å². The van der Waals surface area contributed by atoms with Gasteiger partial charge in [0, 0.05) is 5.02 Å². The maximum absolute atomic E-state index is 12.3. The van der Waals surface area contributed by atoms with E-state index in [1.807, 2.05) is 12.1 Å². The smallest absolute Gasteiger partial charge is 0.286 e. The molecule has 0 atom stereocenters. The number of carbonyl (C=O) groups excluding carboxylic acids is 2. The molecule has 0 spiro atoms. The van der Waals surface area contributed by atoms with Gasteiger partial charge in [-0.2, -0.15) is 0 Å². The molecule has 21 heavy (non-hydrogen) atoms. The largest absolute Gasteiger partial charge is 0.294 e. The summed E-state index contributed by atoms with van der Waals surface area (Å²) in [5.41, 5.74) is 0.867. The van der Waals surface area contributed by atoms with Crippen LogP contribution in [0.25, 0.3) is 6.08 Å². The first kappa shape index (κ1) is 14.6. The van der Waals surface area contributed by atoms with Crippen molar-refractivity contribution in [3.05, 3.63) is 39.8 Å². The standard InChI is InChI=1S/C15H15ClN2O2S/c16-12-5-3-11(4-6-12)9-13-14(19)18(15(20)21-13)10-17-7-1-2-8-17/h3-6,9H,1-2,7-8,10H2. The Kier molecular flexibility index (Phi) is 4.33. The molecule has 2 saturated heterocycles. The summed E-state index contributed by atoms with van der Waals surface area (Å²) in [7, 11) is 0. The van der Waals surface area contributed by atoms with Crippen molar-refractivity contribution in [3.63, 3.8) is 0 Å². The van der Waals surface area contributed by atoms with Crippen molar-refractivity contribution in [3.8, 4) is 0 Å². The molecule has 0 saturated carbocycles. The van der Waals surface area contributed by atoms with E-state index in [0.29, 0.717) is 16.6 Å². The van der Waals surface area contributed by atoms with Crippen LogP contribution in [0.2, 0.25) is 5.02 Å². The van der Waals surface area contributed by atoms with Gasteiger partial charge in [-0.15, -0.1) is 0 Å². The highest BCUT2D eigenvalue weighted by Gasteiger charge is 2.36. The van der Waals surface area contributed by atoms with Crippen LogP contribution in [0.15, 0.2) is 29.2 Å². The number of hydrogen-bond donors (Lipinski definition) is 0. The molecule has 2 heterocycles. The lowest BCUT2D eigenvalue weighted by Gasteiger charge is -2.20. The van der Waals surface area contributed by atoms with Crippen LogP contribution in [-0.2, 0) is 4.79 Å². The van der Waals surface area contributed by atoms with Crippen LogP contribution >= 0.6 is 23.4 Å². The first-order valence-electron chi connectivity index (χ1n) is 6.87. The van der Waals surface area contributed by atoms with E-state index < -0.39 is 0 Å². The van der Waals surface area contributed by atoms with Gasteiger partial charge in [0.25, 0.3) is 11.1 Å². The lowest BCUT2D eigenvalue weighted by atomic mass is 10.2. The lowest BCUT2D eigenvalue weighted by molar-refractivity contribution is -0.124. The predicted molar refractivity (Wildman–Crippen MR) is 84.9 cm³/mol. The van der Waals surface area contributed by atoms with Gasteiger partial charge in [0.15, 0.2) is 0 Å². The van der Waals surface area contributed by atoms with E-state index in [9.17, 15) is 9.59 Å². The van der Waals surface area contributed by atoms with Crippen LogP contribution in [0.5, 0.6) is 0 Å². The molecule has 2 aliphatic heterocycles. The molecule has 0 unspecified atom stereocenters. The van der Waals surface area contributed by atoms with Gasteiger partial charge in [0.2, 0.25) is 0 Å². The summed E-state index contributed by atoms with van der Waals surface area (Å²) in [6.45, 7) is 2.32. The maximum Gasteiger partial charge on any atom is 0.294 e. The molecule has 4 nitrogen and oxygen atoms in total. The first-order chi connectivity index (χ1) is 10.1. The fourth-order valence-electron chi connectivity index (χ4n) is 2.46. The second kappa shape index (κ2) is 6.22. The van der Waals surface area contributed by atoms with E-state index in [-0.39, 0.29) is 11.1 Å². The molecule has 0 aromatic heterocycles. The number of thioether (sulfide) groups is 1. The molecule has 1 aromatic rings. The minimum absolute atomic E-state index is 0.188. The number of nitrogens with zero attached hydrogens (tertiary/aromatic N) is 2. The highest BCUT2D eigenvalue weighted by atomic mass is 35.5. The Hall–Kier alpha value is -1.30. The summed E-state index contributed by atoms with van der Waals surface area (Å²) in [5, 5.41) is 0.460. The van der Waals surface area contributed by atoms with Gasteiger partial charge >= 0.3 is 0 Å². The summed E-state index contributed by atoms with van der Waals surface area (Å²) in [6, 6.07) is 7.19. The van der Waals surface area contributed by atoms with Crippen molar-refractivity contribution in [1.82, 2.24) is 9.80 Å². The predicted octanol–water partition coefficient (Wildman–Crippen LogP) is 3.43. The second-order valence-electron chi connectivity index (χ2n) is 5.13. The van der Waals surface area contributed by atoms with Crippen LogP contribution in [-0.4, -0.2) is 40.7 Å². The monoisotopic (exact) mass is 322 g/mol. The van der Waals surface area contributed by atoms with E-state index in [1.165, 1.54) is 4.90 Å². The molecule has 110 valence electrons. The van der Waals surface area contributed by atoms with Crippen molar-refractivity contribution in [2.45, 2.75) is 12.8 Å². The van der Waals surface area contributed by atoms with Gasteiger partial charge in [0.05, 0.1) is 11.6 Å². The van der Waals surface area contributed by atoms with Crippen molar-refractivity contribution < 1.29 is 9.59 Å². The fourth-order valence-corrected chi connectivity index (χ4v) is 3.41. The molecule has 0 aliphatic carbocycles. The van der Waals surface area contributed by atoms with Crippen molar-refractivity contribution in [2.75, 3.05) is 19.8 Å². The zero-order valence-corrected chi connectivity index (χ0v) is 13.0. The minimum Gasteiger partial charge on any atom is -0.286 e. The summed E-state index contributed by atoms with van der Waals surface area (Å²) < 4.78 is 0. The molecule has 0 bridgehead atoms. The molecular formula is C15H15ClN2O2S. The number of imide groups is 1. The fraction of sp³-hybridized carbons (Fsp3) is 0.333. The quantitative estimate of drug-likeness (QED) is 0.799. The molecule has 2 aliphatic rings. The van der Waals surface area contributed by atoms with E-state index in [1.54, 1.807) is 18.2 Å². The normalized spacial score (nSPS) is 21.8. The molecule has 3 rings (SSSR count). The molecule has 1 aromatic carbocycles. The van der Waals surface area contributed by atoms with Crippen LogP contribution in [0.3, 0.4) is 0 Å². The Balaban J connectivity index is 1.74. The maximum atomic E-state index is 12.3. The highest BCUT2D eigenvalue weighted by molar-refractivity contribution is 8.18. The van der Waals surface area contributed by atoms with Crippen LogP contribution in [0.1, 0.15) is 18.4 Å². The number of hydrogen-bond acceptors (Lipinski definition) is 4. The topological polar surface area (TPSA) is 40.6 Å². The summed E-state index contributed by atoms with van der Waals surface area (Å²) >= 11 is 6.84. The Labute approximate surface area is 132 Å². The molecule has 6 heteroatoms. The third kappa shape index (κ3) is 3.31. The van der Waals surface area contributed by atoms with E-state index in [2.05, 4.69) is 4.90 Å². The number of amides is 2. The van der Waals surface area contributed by atoms with Crippen molar-refractivity contribution in [1.29, 1.82) is 0 Å². The van der Waals surface area contributed by atoms with E-state index >= 15 is 0 Å². The van der Waals surface area contributed by atoms with Gasteiger partial charge in [0.1, 0.15) is 0 Å². The van der Waals surface area contributed by atoms with Gasteiger partial charge in [-0.3, -0.25) is 19.4 Å². The SMILES string of the molecule is O=C1SC(=Cc2ccc(Cl)cc2)C(=O)N1CN1CCCC1. The highest BCUT2D eigenvalue weighted by Crippen LogP contribution is 2.32. The molecule has 0 N–H and O–H groups in total. The Morgan fingerprint density at radius 2 is 1.81 bits per heavy atom. The molecule has 0 radical (unpaired) electrons. The minimum atomic E-state index is -0.202. The van der Waals surface area contributed by atoms with E-state index in [4.69, 9.17) is 11.6 Å². The van der Waals surface area contributed by atoms with Crippen molar-refractivity contribution in [2.24, 2.45) is 0 Å². The summed E-state index contributed by atoms with van der Waals surface area (Å²) in [5.74, 6) is -0.202. The number of likely N-dealkylation sites (tertiary alicyclic amines) is 1. The number of halogens is 1. The lowest BCUT2D eigenvalue weighted by Crippen LogP contribution is -2.38. The molecule has 2 amide bonds. The Morgan fingerprint density at radius 1 is 1.14 bits per heavy atom. The van der Waals surface area contributed by atoms with Crippen LogP contribution < -0.4 is 0 Å². The van der Waals surface area contributed by atoms with Crippen molar-refractivity contribution >= 4 is 40.6 Å². The number of rotatable bonds is 3. The third-order valence-corrected chi connectivity index (χ3v) is 4.74.